The second-order valence-corrected chi connectivity index (χ2v) is 14.4. The van der Waals surface area contributed by atoms with Crippen LogP contribution in [0, 0.1) is 34.5 Å². The van der Waals surface area contributed by atoms with Gasteiger partial charge >= 0.3 is 11.9 Å². The topological polar surface area (TPSA) is 68.3 Å². The van der Waals surface area contributed by atoms with E-state index in [2.05, 4.69) is 23.6 Å². The fourth-order valence-electron chi connectivity index (χ4n) is 10.8. The number of hydrogen-bond acceptors (Lipinski definition) is 7. The number of hydrogen-bond donors (Lipinski definition) is 0. The highest BCUT2D eigenvalue weighted by atomic mass is 16.5. The highest BCUT2D eigenvalue weighted by Crippen LogP contribution is 2.67. The van der Waals surface area contributed by atoms with Gasteiger partial charge in [0.05, 0.1) is 13.2 Å². The molecule has 7 heteroatoms. The van der Waals surface area contributed by atoms with Crippen LogP contribution in [0.4, 0.5) is 0 Å². The average molecular weight is 545 g/mol. The molecule has 6 rings (SSSR count). The quantitative estimate of drug-likeness (QED) is 0.477. The first-order valence-electron chi connectivity index (χ1n) is 16.1. The number of ether oxygens (including phenoxy) is 3. The molecule has 220 valence electrons. The van der Waals surface area contributed by atoms with Crippen LogP contribution in [-0.4, -0.2) is 85.4 Å². The summed E-state index contributed by atoms with van der Waals surface area (Å²) in [7, 11) is 0. The van der Waals surface area contributed by atoms with Crippen molar-refractivity contribution >= 4 is 11.9 Å². The van der Waals surface area contributed by atoms with Crippen molar-refractivity contribution in [3.05, 3.63) is 0 Å². The van der Waals surface area contributed by atoms with Crippen LogP contribution >= 0.6 is 0 Å². The summed E-state index contributed by atoms with van der Waals surface area (Å²) < 4.78 is 18.0. The van der Waals surface area contributed by atoms with E-state index in [1.54, 1.807) is 13.8 Å². The zero-order valence-electron chi connectivity index (χ0n) is 24.9. The smallest absolute Gasteiger partial charge is 0.302 e. The molecule has 0 aromatic heterocycles. The van der Waals surface area contributed by atoms with Crippen molar-refractivity contribution in [2.24, 2.45) is 34.5 Å². The third-order valence-electron chi connectivity index (χ3n) is 12.6. The van der Waals surface area contributed by atoms with Crippen LogP contribution in [0.25, 0.3) is 0 Å². The summed E-state index contributed by atoms with van der Waals surface area (Å²) in [6, 6.07) is 0.652. The lowest BCUT2D eigenvalue weighted by atomic mass is 9.44. The number of fused-ring (bicyclic) bond motifs is 5. The number of morpholine rings is 1. The van der Waals surface area contributed by atoms with E-state index in [1.165, 1.54) is 44.9 Å². The Bertz CT molecular complexity index is 916. The summed E-state index contributed by atoms with van der Waals surface area (Å²) in [5.74, 6) is 2.34. The van der Waals surface area contributed by atoms with Crippen molar-refractivity contribution in [3.8, 4) is 0 Å². The first-order chi connectivity index (χ1) is 18.7. The Balaban J connectivity index is 1.27. The van der Waals surface area contributed by atoms with Gasteiger partial charge in [0.1, 0.15) is 12.2 Å². The Morgan fingerprint density at radius 1 is 0.769 bits per heavy atom. The van der Waals surface area contributed by atoms with Crippen LogP contribution in [-0.2, 0) is 23.8 Å². The first-order valence-corrected chi connectivity index (χ1v) is 16.1. The second kappa shape index (κ2) is 10.9. The van der Waals surface area contributed by atoms with Crippen LogP contribution in [0.3, 0.4) is 0 Å². The molecule has 2 saturated heterocycles. The van der Waals surface area contributed by atoms with Gasteiger partial charge in [-0.05, 0) is 100.0 Å². The number of esters is 2. The Morgan fingerprint density at radius 2 is 1.46 bits per heavy atom. The van der Waals surface area contributed by atoms with Crippen molar-refractivity contribution in [2.45, 2.75) is 116 Å². The lowest BCUT2D eigenvalue weighted by Crippen LogP contribution is -2.61. The zero-order chi connectivity index (χ0) is 27.4. The molecule has 2 aliphatic heterocycles. The first kappa shape index (κ1) is 28.0. The molecular formula is C32H52N2O5. The van der Waals surface area contributed by atoms with E-state index >= 15 is 0 Å². The van der Waals surface area contributed by atoms with E-state index in [-0.39, 0.29) is 41.0 Å². The maximum Gasteiger partial charge on any atom is 0.302 e. The molecule has 10 atom stereocenters. The van der Waals surface area contributed by atoms with E-state index in [0.29, 0.717) is 29.7 Å². The normalized spacial score (nSPS) is 47.0. The van der Waals surface area contributed by atoms with E-state index in [9.17, 15) is 9.59 Å². The zero-order valence-corrected chi connectivity index (χ0v) is 24.9. The molecule has 39 heavy (non-hydrogen) atoms. The fourth-order valence-corrected chi connectivity index (χ4v) is 10.8. The van der Waals surface area contributed by atoms with Gasteiger partial charge in [-0.1, -0.05) is 20.3 Å². The SMILES string of the molecule is CC(=O)O[C@H]1C[C@@H]2CC[C@@H]3[C@H](CC[C@@]4(C)[C@H]3C[C@H](N3CCCCC3)[C@@H]4OC(C)=O)[C@@]2(C)C[C@@H]1N1CCOCC1. The third kappa shape index (κ3) is 4.97. The second-order valence-electron chi connectivity index (χ2n) is 14.4. The number of likely N-dealkylation sites (tertiary alicyclic amines) is 1. The molecule has 0 radical (unpaired) electrons. The van der Waals surface area contributed by atoms with Gasteiger partial charge in [0.2, 0.25) is 0 Å². The maximum absolute atomic E-state index is 12.4. The van der Waals surface area contributed by atoms with E-state index in [0.717, 1.165) is 58.7 Å². The predicted molar refractivity (Wildman–Crippen MR) is 149 cm³/mol. The lowest BCUT2D eigenvalue weighted by Gasteiger charge is -2.62. The minimum absolute atomic E-state index is 0.00705. The standard InChI is InChI=1S/C32H52N2O5/c1-21(35)38-29-18-23-8-9-24-25(32(23,4)20-28(29)34-14-16-37-17-15-34)10-11-31(3)26(24)19-27(30(31)39-22(2)36)33-12-6-5-7-13-33/h23-30H,5-20H2,1-4H3/t23-,24+,25-,26-,27-,28-,29-,30-,31-,32-/m0/s1. The predicted octanol–water partition coefficient (Wildman–Crippen LogP) is 4.67. The van der Waals surface area contributed by atoms with Gasteiger partial charge < -0.3 is 14.2 Å². The molecule has 6 fully saturated rings. The van der Waals surface area contributed by atoms with E-state index < -0.39 is 0 Å². The Morgan fingerprint density at radius 3 is 2.15 bits per heavy atom. The highest BCUT2D eigenvalue weighted by molar-refractivity contribution is 5.66. The van der Waals surface area contributed by atoms with Gasteiger partial charge in [-0.3, -0.25) is 19.4 Å². The van der Waals surface area contributed by atoms with Crippen molar-refractivity contribution < 1.29 is 23.8 Å². The molecule has 0 N–H and O–H groups in total. The molecule has 7 nitrogen and oxygen atoms in total. The largest absolute Gasteiger partial charge is 0.461 e. The van der Waals surface area contributed by atoms with E-state index in [4.69, 9.17) is 14.2 Å². The van der Waals surface area contributed by atoms with Crippen LogP contribution in [0.2, 0.25) is 0 Å². The summed E-state index contributed by atoms with van der Waals surface area (Å²) >= 11 is 0. The molecular weight excluding hydrogens is 492 g/mol. The molecule has 0 aromatic rings. The van der Waals surface area contributed by atoms with Crippen LogP contribution in [0.1, 0.15) is 91.9 Å². The van der Waals surface area contributed by atoms with Crippen molar-refractivity contribution in [1.82, 2.24) is 9.80 Å². The van der Waals surface area contributed by atoms with Crippen LogP contribution in [0.15, 0.2) is 0 Å². The Kier molecular flexibility index (Phi) is 7.82. The van der Waals surface area contributed by atoms with Crippen molar-refractivity contribution in [2.75, 3.05) is 39.4 Å². The molecule has 6 aliphatic rings. The van der Waals surface area contributed by atoms with Crippen molar-refractivity contribution in [3.63, 3.8) is 0 Å². The molecule has 0 bridgehead atoms. The molecule has 0 aromatic carbocycles. The number of carbonyl (C=O) groups excluding carboxylic acids is 2. The summed E-state index contributed by atoms with van der Waals surface area (Å²) in [5, 5.41) is 0. The van der Waals surface area contributed by atoms with Crippen LogP contribution < -0.4 is 0 Å². The average Bonchev–Trinajstić information content (AvgIpc) is 3.21. The highest BCUT2D eigenvalue weighted by Gasteiger charge is 2.65. The fraction of sp³-hybridized carbons (Fsp3) is 0.938. The summed E-state index contributed by atoms with van der Waals surface area (Å²) in [4.78, 5) is 29.7. The van der Waals surface area contributed by atoms with Gasteiger partial charge in [0.25, 0.3) is 0 Å². The van der Waals surface area contributed by atoms with Gasteiger partial charge in [-0.2, -0.15) is 0 Å². The van der Waals surface area contributed by atoms with Gasteiger partial charge in [0, 0.05) is 44.4 Å². The number of nitrogens with zero attached hydrogens (tertiary/aromatic N) is 2. The van der Waals surface area contributed by atoms with Gasteiger partial charge in [0.15, 0.2) is 0 Å². The monoisotopic (exact) mass is 544 g/mol. The molecule has 2 heterocycles. The lowest BCUT2D eigenvalue weighted by molar-refractivity contribution is -0.182. The number of piperidine rings is 1. The summed E-state index contributed by atoms with van der Waals surface area (Å²) in [5.41, 5.74) is 0.320. The summed E-state index contributed by atoms with van der Waals surface area (Å²) in [6.07, 6.45) is 12.0. The Labute approximate surface area is 235 Å². The maximum atomic E-state index is 12.4. The minimum atomic E-state index is -0.143. The third-order valence-corrected chi connectivity index (χ3v) is 12.6. The number of rotatable bonds is 4. The molecule has 0 unspecified atom stereocenters. The molecule has 0 amide bonds. The number of carbonyl (C=O) groups is 2. The molecule has 0 spiro atoms. The molecule has 4 aliphatic carbocycles. The summed E-state index contributed by atoms with van der Waals surface area (Å²) in [6.45, 7) is 13.9. The van der Waals surface area contributed by atoms with E-state index in [1.807, 2.05) is 0 Å². The minimum Gasteiger partial charge on any atom is -0.461 e. The van der Waals surface area contributed by atoms with Crippen molar-refractivity contribution in [1.29, 1.82) is 0 Å². The Hall–Kier alpha value is -1.18. The molecule has 4 saturated carbocycles. The van der Waals surface area contributed by atoms with Gasteiger partial charge in [-0.25, -0.2) is 0 Å². The van der Waals surface area contributed by atoms with Gasteiger partial charge in [-0.15, -0.1) is 0 Å². The van der Waals surface area contributed by atoms with Crippen LogP contribution in [0.5, 0.6) is 0 Å².